The second-order valence-electron chi connectivity index (χ2n) is 4.04. The average molecular weight is 272 g/mol. The second kappa shape index (κ2) is 6.89. The van der Waals surface area contributed by atoms with Crippen molar-refractivity contribution >= 4 is 5.91 Å². The van der Waals surface area contributed by atoms with Gasteiger partial charge in [-0.15, -0.1) is 0 Å². The van der Waals surface area contributed by atoms with Crippen LogP contribution >= 0.6 is 0 Å². The maximum atomic E-state index is 12.5. The Morgan fingerprint density at radius 3 is 2.72 bits per heavy atom. The molecule has 0 aromatic rings. The van der Waals surface area contributed by atoms with Crippen LogP contribution in [0.15, 0.2) is 0 Å². The van der Waals surface area contributed by atoms with Crippen LogP contribution in [-0.2, 0) is 9.53 Å². The minimum absolute atomic E-state index is 0.455. The predicted octanol–water partition coefficient (Wildman–Crippen LogP) is 0.725. The number of carbonyl (C=O) groups excluding carboxylic acids is 1. The highest BCUT2D eigenvalue weighted by molar-refractivity contribution is 5.77. The van der Waals surface area contributed by atoms with Crippen LogP contribution in [0.1, 0.15) is 6.42 Å². The van der Waals surface area contributed by atoms with E-state index in [9.17, 15) is 22.4 Å². The van der Waals surface area contributed by atoms with E-state index in [2.05, 4.69) is 10.1 Å². The third-order valence-corrected chi connectivity index (χ3v) is 2.53. The van der Waals surface area contributed by atoms with Gasteiger partial charge in [0, 0.05) is 19.6 Å². The zero-order valence-corrected chi connectivity index (χ0v) is 9.80. The van der Waals surface area contributed by atoms with Gasteiger partial charge in [-0.1, -0.05) is 0 Å². The minimum atomic E-state index is -4.21. The highest BCUT2D eigenvalue weighted by atomic mass is 19.3. The van der Waals surface area contributed by atoms with Crippen LogP contribution in [0, 0.1) is 0 Å². The van der Waals surface area contributed by atoms with Gasteiger partial charge in [0.05, 0.1) is 0 Å². The molecule has 0 unspecified atom stereocenters. The van der Waals surface area contributed by atoms with Gasteiger partial charge in [-0.2, -0.15) is 8.78 Å². The lowest BCUT2D eigenvalue weighted by molar-refractivity contribution is -0.170. The van der Waals surface area contributed by atoms with Gasteiger partial charge in [0.25, 0.3) is 0 Å². The molecule has 1 amide bonds. The molecule has 0 aliphatic carbocycles. The molecule has 4 nitrogen and oxygen atoms in total. The first-order valence-electron chi connectivity index (χ1n) is 5.65. The first-order valence-corrected chi connectivity index (χ1v) is 5.65. The molecule has 0 saturated carbocycles. The Morgan fingerprint density at radius 2 is 2.06 bits per heavy atom. The third-order valence-electron chi connectivity index (χ3n) is 2.53. The summed E-state index contributed by atoms with van der Waals surface area (Å²) in [5.74, 6) is -4.66. The quantitative estimate of drug-likeness (QED) is 0.750. The smallest absolute Gasteiger partial charge is 0.330 e. The molecule has 1 rings (SSSR count). The SMILES string of the molecule is O=C(COCC(F)(F)C(F)F)N1CCCNCC1. The van der Waals surface area contributed by atoms with Crippen LogP contribution in [0.3, 0.4) is 0 Å². The molecule has 106 valence electrons. The number of ether oxygens (including phenoxy) is 1. The normalized spacial score (nSPS) is 17.9. The first-order chi connectivity index (χ1) is 8.43. The van der Waals surface area contributed by atoms with Crippen molar-refractivity contribution in [2.45, 2.75) is 18.8 Å². The van der Waals surface area contributed by atoms with E-state index in [4.69, 9.17) is 0 Å². The summed E-state index contributed by atoms with van der Waals surface area (Å²) < 4.78 is 53.0. The molecule has 0 radical (unpaired) electrons. The Labute approximate surface area is 102 Å². The Morgan fingerprint density at radius 1 is 1.33 bits per heavy atom. The molecule has 0 aromatic heterocycles. The monoisotopic (exact) mass is 272 g/mol. The van der Waals surface area contributed by atoms with Crippen molar-refractivity contribution in [3.8, 4) is 0 Å². The van der Waals surface area contributed by atoms with Gasteiger partial charge in [0.2, 0.25) is 5.91 Å². The van der Waals surface area contributed by atoms with E-state index in [1.807, 2.05) is 0 Å². The molecule has 1 fully saturated rings. The summed E-state index contributed by atoms with van der Waals surface area (Å²) in [6, 6.07) is 0. The number of carbonyl (C=O) groups is 1. The van der Waals surface area contributed by atoms with Gasteiger partial charge in [0.1, 0.15) is 13.2 Å². The standard InChI is InChI=1S/C10H16F4N2O2/c11-9(12)10(13,14)7-18-6-8(17)16-4-1-2-15-3-5-16/h9,15H,1-7H2. The third kappa shape index (κ3) is 4.77. The molecule has 0 bridgehead atoms. The number of rotatable bonds is 5. The Kier molecular flexibility index (Phi) is 5.80. The van der Waals surface area contributed by atoms with Crippen LogP contribution in [0.5, 0.6) is 0 Å². The lowest BCUT2D eigenvalue weighted by atomic mass is 10.3. The maximum Gasteiger partial charge on any atom is 0.330 e. The molecule has 1 saturated heterocycles. The van der Waals surface area contributed by atoms with Gasteiger partial charge >= 0.3 is 12.3 Å². The Bertz CT molecular complexity index is 269. The number of halogens is 4. The summed E-state index contributed by atoms with van der Waals surface area (Å²) in [7, 11) is 0. The highest BCUT2D eigenvalue weighted by Crippen LogP contribution is 2.22. The van der Waals surface area contributed by atoms with E-state index in [-0.39, 0.29) is 0 Å². The topological polar surface area (TPSA) is 41.6 Å². The summed E-state index contributed by atoms with van der Waals surface area (Å²) in [4.78, 5) is 13.0. The van der Waals surface area contributed by atoms with Gasteiger partial charge in [-0.25, -0.2) is 8.78 Å². The van der Waals surface area contributed by atoms with E-state index in [0.29, 0.717) is 19.6 Å². The van der Waals surface area contributed by atoms with Gasteiger partial charge < -0.3 is 15.0 Å². The minimum Gasteiger partial charge on any atom is -0.365 e. The van der Waals surface area contributed by atoms with Gasteiger partial charge in [-0.05, 0) is 13.0 Å². The van der Waals surface area contributed by atoms with Crippen molar-refractivity contribution in [2.24, 2.45) is 0 Å². The number of hydrogen-bond donors (Lipinski definition) is 1. The number of hydrogen-bond acceptors (Lipinski definition) is 3. The maximum absolute atomic E-state index is 12.5. The fourth-order valence-electron chi connectivity index (χ4n) is 1.52. The van der Waals surface area contributed by atoms with Crippen molar-refractivity contribution in [3.05, 3.63) is 0 Å². The van der Waals surface area contributed by atoms with E-state index < -0.39 is 31.5 Å². The lowest BCUT2D eigenvalue weighted by Gasteiger charge is -2.21. The van der Waals surface area contributed by atoms with Crippen molar-refractivity contribution in [1.29, 1.82) is 0 Å². The zero-order chi connectivity index (χ0) is 13.6. The van der Waals surface area contributed by atoms with E-state index in [1.165, 1.54) is 4.90 Å². The van der Waals surface area contributed by atoms with Gasteiger partial charge in [-0.3, -0.25) is 4.79 Å². The molecular formula is C10H16F4N2O2. The molecule has 0 aromatic carbocycles. The molecule has 0 spiro atoms. The summed E-state index contributed by atoms with van der Waals surface area (Å²) in [5, 5.41) is 3.07. The van der Waals surface area contributed by atoms with Crippen molar-refractivity contribution in [1.82, 2.24) is 10.2 Å². The second-order valence-corrected chi connectivity index (χ2v) is 4.04. The van der Waals surface area contributed by atoms with Crippen LogP contribution in [-0.4, -0.2) is 62.5 Å². The van der Waals surface area contributed by atoms with Crippen molar-refractivity contribution in [3.63, 3.8) is 0 Å². The molecule has 0 atom stereocenters. The number of nitrogens with one attached hydrogen (secondary N) is 1. The van der Waals surface area contributed by atoms with Gasteiger partial charge in [0.15, 0.2) is 0 Å². The Hall–Kier alpha value is -0.890. The molecule has 18 heavy (non-hydrogen) atoms. The largest absolute Gasteiger partial charge is 0.365 e. The van der Waals surface area contributed by atoms with E-state index in [0.717, 1.165) is 13.0 Å². The fourth-order valence-corrected chi connectivity index (χ4v) is 1.52. The summed E-state index contributed by atoms with van der Waals surface area (Å²) in [5.41, 5.74) is 0. The zero-order valence-electron chi connectivity index (χ0n) is 9.80. The molecular weight excluding hydrogens is 256 g/mol. The molecule has 1 N–H and O–H groups in total. The first kappa shape index (κ1) is 15.2. The number of alkyl halides is 4. The fraction of sp³-hybridized carbons (Fsp3) is 0.900. The van der Waals surface area contributed by atoms with Crippen molar-refractivity contribution < 1.29 is 27.1 Å². The molecule has 1 heterocycles. The van der Waals surface area contributed by atoms with Crippen LogP contribution in [0.2, 0.25) is 0 Å². The van der Waals surface area contributed by atoms with E-state index in [1.54, 1.807) is 0 Å². The van der Waals surface area contributed by atoms with E-state index >= 15 is 0 Å². The summed E-state index contributed by atoms with van der Waals surface area (Å²) in [6.45, 7) is 0.353. The number of amides is 1. The van der Waals surface area contributed by atoms with Crippen LogP contribution < -0.4 is 5.32 Å². The van der Waals surface area contributed by atoms with Crippen molar-refractivity contribution in [2.75, 3.05) is 39.4 Å². The molecule has 8 heteroatoms. The summed E-state index contributed by atoms with van der Waals surface area (Å²) >= 11 is 0. The predicted molar refractivity (Wildman–Crippen MR) is 55.8 cm³/mol. The highest BCUT2D eigenvalue weighted by Gasteiger charge is 2.41. The van der Waals surface area contributed by atoms with Crippen LogP contribution in [0.4, 0.5) is 17.6 Å². The average Bonchev–Trinajstić information content (AvgIpc) is 2.56. The lowest BCUT2D eigenvalue weighted by Crippen LogP contribution is -2.39. The number of nitrogens with zero attached hydrogens (tertiary/aromatic N) is 1. The van der Waals surface area contributed by atoms with Crippen LogP contribution in [0.25, 0.3) is 0 Å². The summed E-state index contributed by atoms with van der Waals surface area (Å²) in [6.07, 6.45) is -3.02. The molecule has 1 aliphatic heterocycles. The Balaban J connectivity index is 2.28. The molecule has 1 aliphatic rings.